The number of aromatic amines is 1. The number of nitrogens with zero attached hydrogens (tertiary/aromatic N) is 1. The minimum absolute atomic E-state index is 0.00415. The first-order valence-electron chi connectivity index (χ1n) is 6.62. The molecule has 0 fully saturated rings. The Morgan fingerprint density at radius 1 is 1.25 bits per heavy atom. The van der Waals surface area contributed by atoms with Gasteiger partial charge in [0, 0.05) is 17.5 Å². The number of aromatic nitrogens is 2. The second kappa shape index (κ2) is 5.78. The summed E-state index contributed by atoms with van der Waals surface area (Å²) in [4.78, 5) is 7.94. The van der Waals surface area contributed by atoms with Gasteiger partial charge in [0.2, 0.25) is 0 Å². The summed E-state index contributed by atoms with van der Waals surface area (Å²) in [7, 11) is 0. The maximum atomic E-state index is 5.37. The average molecular weight is 351 g/mol. The van der Waals surface area contributed by atoms with Gasteiger partial charge in [-0.05, 0) is 34.0 Å². The van der Waals surface area contributed by atoms with E-state index in [-0.39, 0.29) is 5.41 Å². The lowest BCUT2D eigenvalue weighted by Gasteiger charge is -2.21. The molecule has 20 heavy (non-hydrogen) atoms. The van der Waals surface area contributed by atoms with E-state index in [0.29, 0.717) is 4.64 Å². The van der Waals surface area contributed by atoms with Crippen molar-refractivity contribution in [3.05, 3.63) is 56.0 Å². The summed E-state index contributed by atoms with van der Waals surface area (Å²) in [6.45, 7) is 8.61. The van der Waals surface area contributed by atoms with Crippen LogP contribution in [0.1, 0.15) is 43.4 Å². The summed E-state index contributed by atoms with van der Waals surface area (Å²) in [5.41, 5.74) is 3.64. The van der Waals surface area contributed by atoms with Gasteiger partial charge in [0.05, 0.1) is 4.47 Å². The molecule has 0 aliphatic heterocycles. The van der Waals surface area contributed by atoms with E-state index in [0.717, 1.165) is 22.4 Å². The number of hydrogen-bond acceptors (Lipinski definition) is 2. The van der Waals surface area contributed by atoms with Gasteiger partial charge in [-0.3, -0.25) is 0 Å². The Morgan fingerprint density at radius 2 is 1.90 bits per heavy atom. The van der Waals surface area contributed by atoms with Crippen molar-refractivity contribution in [2.45, 2.75) is 39.5 Å². The Labute approximate surface area is 133 Å². The highest BCUT2D eigenvalue weighted by Gasteiger charge is 2.20. The Morgan fingerprint density at radius 3 is 2.50 bits per heavy atom. The minimum Gasteiger partial charge on any atom is -0.345 e. The molecule has 0 spiro atoms. The third kappa shape index (κ3) is 3.36. The maximum Gasteiger partial charge on any atom is 0.144 e. The van der Waals surface area contributed by atoms with E-state index in [1.165, 1.54) is 11.1 Å². The molecule has 106 valence electrons. The number of hydrogen-bond donors (Lipinski definition) is 1. The molecule has 1 aromatic carbocycles. The molecule has 0 saturated heterocycles. The Hall–Kier alpha value is -1.00. The molecule has 2 aromatic rings. The molecule has 1 aromatic heterocycles. The van der Waals surface area contributed by atoms with Gasteiger partial charge in [-0.2, -0.15) is 0 Å². The summed E-state index contributed by atoms with van der Waals surface area (Å²) >= 11 is 8.92. The SMILES string of the molecule is Cc1ccccc1Cc1nc(=S)c(Br)c(C(C)(C)C)[nH]1. The van der Waals surface area contributed by atoms with Crippen molar-refractivity contribution < 1.29 is 0 Å². The van der Waals surface area contributed by atoms with Crippen molar-refractivity contribution in [2.24, 2.45) is 0 Å². The topological polar surface area (TPSA) is 28.7 Å². The summed E-state index contributed by atoms with van der Waals surface area (Å²) in [5, 5.41) is 0. The van der Waals surface area contributed by atoms with E-state index in [9.17, 15) is 0 Å². The van der Waals surface area contributed by atoms with Crippen molar-refractivity contribution in [3.63, 3.8) is 0 Å². The van der Waals surface area contributed by atoms with E-state index in [1.807, 2.05) is 0 Å². The van der Waals surface area contributed by atoms with Crippen LogP contribution >= 0.6 is 28.1 Å². The summed E-state index contributed by atoms with van der Waals surface area (Å²) in [6, 6.07) is 8.36. The fraction of sp³-hybridized carbons (Fsp3) is 0.375. The van der Waals surface area contributed by atoms with Crippen LogP contribution < -0.4 is 0 Å². The fourth-order valence-corrected chi connectivity index (χ4v) is 3.09. The quantitative estimate of drug-likeness (QED) is 0.763. The van der Waals surface area contributed by atoms with Crippen LogP contribution in [0.15, 0.2) is 28.7 Å². The van der Waals surface area contributed by atoms with Crippen molar-refractivity contribution >= 4 is 28.1 Å². The van der Waals surface area contributed by atoms with Gasteiger partial charge in [0.15, 0.2) is 0 Å². The lowest BCUT2D eigenvalue weighted by atomic mass is 9.92. The molecule has 0 aliphatic rings. The molecule has 2 rings (SSSR count). The van der Waals surface area contributed by atoms with Crippen LogP contribution in [0.5, 0.6) is 0 Å². The molecular formula is C16H19BrN2S. The second-order valence-corrected chi connectivity index (χ2v) is 7.21. The van der Waals surface area contributed by atoms with Gasteiger partial charge >= 0.3 is 0 Å². The largest absolute Gasteiger partial charge is 0.345 e. The third-order valence-corrected chi connectivity index (χ3v) is 4.61. The minimum atomic E-state index is -0.00415. The van der Waals surface area contributed by atoms with Crippen molar-refractivity contribution in [2.75, 3.05) is 0 Å². The Kier molecular flexibility index (Phi) is 4.45. The highest BCUT2D eigenvalue weighted by Crippen LogP contribution is 2.28. The summed E-state index contributed by atoms with van der Waals surface area (Å²) in [5.74, 6) is 0.914. The van der Waals surface area contributed by atoms with E-state index >= 15 is 0 Å². The molecule has 0 unspecified atom stereocenters. The zero-order valence-electron chi connectivity index (χ0n) is 12.2. The number of rotatable bonds is 2. The highest BCUT2D eigenvalue weighted by atomic mass is 79.9. The summed E-state index contributed by atoms with van der Waals surface area (Å²) in [6.07, 6.45) is 0.771. The van der Waals surface area contributed by atoms with Gasteiger partial charge in [-0.15, -0.1) is 0 Å². The molecule has 0 saturated carbocycles. The van der Waals surface area contributed by atoms with Crippen LogP contribution in [0.4, 0.5) is 0 Å². The highest BCUT2D eigenvalue weighted by molar-refractivity contribution is 9.10. The first-order chi connectivity index (χ1) is 9.29. The van der Waals surface area contributed by atoms with Crippen molar-refractivity contribution in [1.82, 2.24) is 9.97 Å². The zero-order chi connectivity index (χ0) is 14.9. The standard InChI is InChI=1S/C16H19BrN2S/c1-10-7-5-6-8-11(10)9-12-18-14(16(2,3)4)13(17)15(20)19-12/h5-8H,9H2,1-4H3,(H,18,19,20). The number of nitrogens with one attached hydrogen (secondary N) is 1. The van der Waals surface area contributed by atoms with E-state index in [1.54, 1.807) is 0 Å². The molecule has 4 heteroatoms. The van der Waals surface area contributed by atoms with E-state index in [2.05, 4.69) is 77.9 Å². The molecule has 0 radical (unpaired) electrons. The van der Waals surface area contributed by atoms with Crippen molar-refractivity contribution in [3.8, 4) is 0 Å². The van der Waals surface area contributed by atoms with Gasteiger partial charge in [-0.1, -0.05) is 57.3 Å². The fourth-order valence-electron chi connectivity index (χ4n) is 2.09. The Balaban J connectivity index is 2.47. The van der Waals surface area contributed by atoms with Gasteiger partial charge in [0.1, 0.15) is 10.5 Å². The molecule has 0 atom stereocenters. The van der Waals surface area contributed by atoms with E-state index in [4.69, 9.17) is 12.2 Å². The molecule has 0 bridgehead atoms. The van der Waals surface area contributed by atoms with Crippen LogP contribution in [0.25, 0.3) is 0 Å². The summed E-state index contributed by atoms with van der Waals surface area (Å²) < 4.78 is 1.52. The number of H-pyrrole nitrogens is 1. The monoisotopic (exact) mass is 350 g/mol. The smallest absolute Gasteiger partial charge is 0.144 e. The van der Waals surface area contributed by atoms with Crippen molar-refractivity contribution in [1.29, 1.82) is 0 Å². The first kappa shape index (κ1) is 15.4. The molecular weight excluding hydrogens is 332 g/mol. The maximum absolute atomic E-state index is 5.37. The number of benzene rings is 1. The van der Waals surface area contributed by atoms with Gasteiger partial charge < -0.3 is 4.98 Å². The molecule has 0 amide bonds. The number of halogens is 1. The van der Waals surface area contributed by atoms with Crippen LogP contribution in [0.3, 0.4) is 0 Å². The predicted octanol–water partition coefficient (Wildman–Crippen LogP) is 5.10. The molecule has 2 nitrogen and oxygen atoms in total. The molecule has 1 heterocycles. The normalized spacial score (nSPS) is 11.7. The van der Waals surface area contributed by atoms with Crippen LogP contribution in [0.2, 0.25) is 0 Å². The Bertz CT molecular complexity index is 684. The molecule has 0 aliphatic carbocycles. The zero-order valence-corrected chi connectivity index (χ0v) is 14.7. The first-order valence-corrected chi connectivity index (χ1v) is 7.83. The lowest BCUT2D eigenvalue weighted by molar-refractivity contribution is 0.558. The van der Waals surface area contributed by atoms with Gasteiger partial charge in [-0.25, -0.2) is 4.98 Å². The van der Waals surface area contributed by atoms with Gasteiger partial charge in [0.25, 0.3) is 0 Å². The van der Waals surface area contributed by atoms with Crippen LogP contribution in [-0.2, 0) is 11.8 Å². The van der Waals surface area contributed by atoms with Crippen LogP contribution in [0, 0.1) is 11.6 Å². The van der Waals surface area contributed by atoms with Crippen LogP contribution in [-0.4, -0.2) is 9.97 Å². The average Bonchev–Trinajstić information content (AvgIpc) is 2.35. The number of aryl methyl sites for hydroxylation is 1. The second-order valence-electron chi connectivity index (χ2n) is 6.03. The lowest BCUT2D eigenvalue weighted by Crippen LogP contribution is -2.17. The van der Waals surface area contributed by atoms with E-state index < -0.39 is 0 Å². The third-order valence-electron chi connectivity index (χ3n) is 3.28. The predicted molar refractivity (Wildman–Crippen MR) is 89.8 cm³/mol. The molecule has 1 N–H and O–H groups in total.